The molecular weight excluding hydrogens is 186 g/mol. The van der Waals surface area contributed by atoms with E-state index in [2.05, 4.69) is 6.07 Å². The number of nitrogens with two attached hydrogens (primary N) is 1. The van der Waals surface area contributed by atoms with Gasteiger partial charge in [0.15, 0.2) is 0 Å². The van der Waals surface area contributed by atoms with Gasteiger partial charge in [-0.25, -0.2) is 0 Å². The quantitative estimate of drug-likeness (QED) is 0.770. The minimum absolute atomic E-state index is 0.0921. The first kappa shape index (κ1) is 11.8. The molecule has 1 aromatic rings. The fraction of sp³-hybridized carbons (Fsp3) is 0.385. The summed E-state index contributed by atoms with van der Waals surface area (Å²) in [5, 5.41) is 0. The van der Waals surface area contributed by atoms with Crippen LogP contribution in [0.4, 0.5) is 0 Å². The van der Waals surface area contributed by atoms with Gasteiger partial charge in [0.05, 0.1) is 13.2 Å². The van der Waals surface area contributed by atoms with Gasteiger partial charge in [0, 0.05) is 5.56 Å². The third-order valence-electron chi connectivity index (χ3n) is 2.26. The molecule has 0 spiro atoms. The van der Waals surface area contributed by atoms with E-state index in [1.54, 1.807) is 7.11 Å². The molecule has 0 aliphatic rings. The number of hydrogen-bond donors (Lipinski definition) is 1. The monoisotopic (exact) mass is 205 g/mol. The summed E-state index contributed by atoms with van der Waals surface area (Å²) < 4.78 is 5.32. The Balaban J connectivity index is 3.08. The molecule has 2 N–H and O–H groups in total. The van der Waals surface area contributed by atoms with Gasteiger partial charge in [-0.2, -0.15) is 0 Å². The fourth-order valence-corrected chi connectivity index (χ4v) is 1.54. The molecule has 0 fully saturated rings. The molecule has 1 aromatic carbocycles. The summed E-state index contributed by atoms with van der Waals surface area (Å²) in [7, 11) is 1.67. The number of hydrogen-bond acceptors (Lipinski definition) is 2. The molecule has 1 unspecified atom stereocenters. The number of rotatable bonds is 3. The van der Waals surface area contributed by atoms with Crippen molar-refractivity contribution in [3.8, 4) is 5.75 Å². The molecule has 0 aliphatic carbocycles. The largest absolute Gasteiger partial charge is 0.496 e. The third kappa shape index (κ3) is 3.10. The summed E-state index contributed by atoms with van der Waals surface area (Å²) in [5.41, 5.74) is 9.49. The van der Waals surface area contributed by atoms with E-state index in [-0.39, 0.29) is 6.04 Å². The van der Waals surface area contributed by atoms with Gasteiger partial charge in [-0.15, -0.1) is 0 Å². The van der Waals surface area contributed by atoms with Crippen molar-refractivity contribution in [2.24, 2.45) is 5.73 Å². The maximum Gasteiger partial charge on any atom is 0.124 e. The van der Waals surface area contributed by atoms with E-state index in [9.17, 15) is 0 Å². The van der Waals surface area contributed by atoms with Crippen molar-refractivity contribution in [1.29, 1.82) is 0 Å². The van der Waals surface area contributed by atoms with Gasteiger partial charge in [0.2, 0.25) is 0 Å². The van der Waals surface area contributed by atoms with Crippen molar-refractivity contribution in [2.75, 3.05) is 7.11 Å². The summed E-state index contributed by atoms with van der Waals surface area (Å²) in [4.78, 5) is 0. The summed E-state index contributed by atoms with van der Waals surface area (Å²) in [6.45, 7) is 6.12. The Morgan fingerprint density at radius 2 is 2.07 bits per heavy atom. The zero-order chi connectivity index (χ0) is 11.4. The van der Waals surface area contributed by atoms with E-state index in [0.29, 0.717) is 0 Å². The van der Waals surface area contributed by atoms with Crippen LogP contribution in [-0.2, 0) is 0 Å². The van der Waals surface area contributed by atoms with Gasteiger partial charge in [-0.1, -0.05) is 23.8 Å². The highest BCUT2D eigenvalue weighted by Crippen LogP contribution is 2.26. The van der Waals surface area contributed by atoms with Crippen molar-refractivity contribution in [3.05, 3.63) is 41.0 Å². The maximum absolute atomic E-state index is 6.07. The Bertz CT molecular complexity index is 365. The lowest BCUT2D eigenvalue weighted by Crippen LogP contribution is -2.09. The zero-order valence-corrected chi connectivity index (χ0v) is 9.87. The first-order valence-electron chi connectivity index (χ1n) is 5.09. The minimum atomic E-state index is -0.0921. The fourth-order valence-electron chi connectivity index (χ4n) is 1.54. The van der Waals surface area contributed by atoms with E-state index in [1.807, 2.05) is 39.0 Å². The Kier molecular flexibility index (Phi) is 3.92. The molecule has 82 valence electrons. The van der Waals surface area contributed by atoms with Crippen LogP contribution >= 0.6 is 0 Å². The van der Waals surface area contributed by atoms with Crippen LogP contribution in [0.25, 0.3) is 0 Å². The van der Waals surface area contributed by atoms with Crippen molar-refractivity contribution < 1.29 is 4.74 Å². The highest BCUT2D eigenvalue weighted by Gasteiger charge is 2.09. The number of allylic oxidation sites excluding steroid dienone is 1. The highest BCUT2D eigenvalue weighted by atomic mass is 16.5. The number of methoxy groups -OCH3 is 1. The number of ether oxygens (including phenoxy) is 1. The molecule has 15 heavy (non-hydrogen) atoms. The second-order valence-electron chi connectivity index (χ2n) is 4.02. The predicted octanol–water partition coefficient (Wildman–Crippen LogP) is 2.97. The molecule has 0 heterocycles. The third-order valence-corrected chi connectivity index (χ3v) is 2.26. The Morgan fingerprint density at radius 1 is 1.40 bits per heavy atom. The topological polar surface area (TPSA) is 35.2 Å². The van der Waals surface area contributed by atoms with E-state index in [4.69, 9.17) is 10.5 Å². The molecule has 1 atom stereocenters. The Morgan fingerprint density at radius 3 is 2.60 bits per heavy atom. The summed E-state index contributed by atoms with van der Waals surface area (Å²) in [6, 6.07) is 5.99. The Hall–Kier alpha value is -1.28. The number of benzene rings is 1. The normalized spacial score (nSPS) is 12.1. The molecule has 0 aliphatic heterocycles. The van der Waals surface area contributed by atoms with E-state index in [1.165, 1.54) is 11.1 Å². The van der Waals surface area contributed by atoms with Crippen molar-refractivity contribution in [3.63, 3.8) is 0 Å². The van der Waals surface area contributed by atoms with Crippen molar-refractivity contribution in [2.45, 2.75) is 26.8 Å². The van der Waals surface area contributed by atoms with Crippen molar-refractivity contribution in [1.82, 2.24) is 0 Å². The van der Waals surface area contributed by atoms with E-state index in [0.717, 1.165) is 11.3 Å². The smallest absolute Gasteiger partial charge is 0.124 e. The molecule has 0 amide bonds. The lowest BCUT2D eigenvalue weighted by Gasteiger charge is -2.13. The predicted molar refractivity (Wildman–Crippen MR) is 64.1 cm³/mol. The molecule has 0 bridgehead atoms. The minimum Gasteiger partial charge on any atom is -0.496 e. The average molecular weight is 205 g/mol. The van der Waals surface area contributed by atoms with Crippen LogP contribution in [0, 0.1) is 6.92 Å². The molecule has 1 rings (SSSR count). The first-order chi connectivity index (χ1) is 7.04. The van der Waals surface area contributed by atoms with Gasteiger partial charge in [-0.3, -0.25) is 0 Å². The van der Waals surface area contributed by atoms with Gasteiger partial charge >= 0.3 is 0 Å². The molecular formula is C13H19NO. The first-order valence-corrected chi connectivity index (χ1v) is 5.09. The van der Waals surface area contributed by atoms with Gasteiger partial charge in [-0.05, 0) is 32.4 Å². The number of aryl methyl sites for hydroxylation is 1. The van der Waals surface area contributed by atoms with Crippen LogP contribution < -0.4 is 10.5 Å². The summed E-state index contributed by atoms with van der Waals surface area (Å²) in [5.74, 6) is 0.861. The summed E-state index contributed by atoms with van der Waals surface area (Å²) >= 11 is 0. The second kappa shape index (κ2) is 4.99. The van der Waals surface area contributed by atoms with Crippen LogP contribution in [0.1, 0.15) is 31.0 Å². The van der Waals surface area contributed by atoms with Crippen LogP contribution in [0.5, 0.6) is 5.75 Å². The Labute approximate surface area is 91.7 Å². The summed E-state index contributed by atoms with van der Waals surface area (Å²) in [6.07, 6.45) is 2.03. The van der Waals surface area contributed by atoms with Gasteiger partial charge in [0.25, 0.3) is 0 Å². The molecule has 2 nitrogen and oxygen atoms in total. The average Bonchev–Trinajstić information content (AvgIpc) is 2.16. The maximum atomic E-state index is 6.07. The van der Waals surface area contributed by atoms with Crippen molar-refractivity contribution >= 4 is 0 Å². The standard InChI is InChI=1S/C13H19NO/c1-9(2)7-12(14)11-6-5-10(3)8-13(11)15-4/h5-8,12H,14H2,1-4H3. The highest BCUT2D eigenvalue weighted by molar-refractivity contribution is 5.40. The van der Waals surface area contributed by atoms with Crippen LogP contribution in [0.2, 0.25) is 0 Å². The lowest BCUT2D eigenvalue weighted by molar-refractivity contribution is 0.408. The molecule has 2 heteroatoms. The zero-order valence-electron chi connectivity index (χ0n) is 9.87. The molecule has 0 radical (unpaired) electrons. The van der Waals surface area contributed by atoms with Crippen LogP contribution in [0.3, 0.4) is 0 Å². The molecule has 0 saturated carbocycles. The van der Waals surface area contributed by atoms with E-state index >= 15 is 0 Å². The lowest BCUT2D eigenvalue weighted by atomic mass is 10.0. The van der Waals surface area contributed by atoms with E-state index < -0.39 is 0 Å². The van der Waals surface area contributed by atoms with Crippen LogP contribution in [-0.4, -0.2) is 7.11 Å². The van der Waals surface area contributed by atoms with Gasteiger partial charge in [0.1, 0.15) is 5.75 Å². The molecule has 0 saturated heterocycles. The van der Waals surface area contributed by atoms with Gasteiger partial charge < -0.3 is 10.5 Å². The van der Waals surface area contributed by atoms with Crippen LogP contribution in [0.15, 0.2) is 29.8 Å². The molecule has 0 aromatic heterocycles. The SMILES string of the molecule is COc1cc(C)ccc1C(N)C=C(C)C. The second-order valence-corrected chi connectivity index (χ2v) is 4.02.